The minimum absolute atomic E-state index is 0.0554. The van der Waals surface area contributed by atoms with Gasteiger partial charge in [-0.1, -0.05) is 18.5 Å². The first-order chi connectivity index (χ1) is 7.54. The Morgan fingerprint density at radius 1 is 1.19 bits per heavy atom. The third-order valence-electron chi connectivity index (χ3n) is 2.36. The average Bonchev–Trinajstić information content (AvgIpc) is 2.25. The fourth-order valence-electron chi connectivity index (χ4n) is 1.50. The molecule has 84 valence electrons. The number of rotatable bonds is 1. The lowest BCUT2D eigenvalue weighted by Crippen LogP contribution is -1.96. The summed E-state index contributed by atoms with van der Waals surface area (Å²) in [5.41, 5.74) is 0.221. The monoisotopic (exact) mass is 245 g/mol. The molecule has 5 heteroatoms. The molecule has 2 aromatic rings. The van der Waals surface area contributed by atoms with E-state index < -0.39 is 17.5 Å². The molecule has 0 aliphatic carbocycles. The fourth-order valence-corrected chi connectivity index (χ4v) is 1.77. The van der Waals surface area contributed by atoms with Crippen molar-refractivity contribution < 1.29 is 13.2 Å². The number of nitrogens with zero attached hydrogens (tertiary/aromatic N) is 1. The van der Waals surface area contributed by atoms with E-state index in [1.54, 1.807) is 0 Å². The quantitative estimate of drug-likeness (QED) is 0.549. The van der Waals surface area contributed by atoms with Gasteiger partial charge in [-0.25, -0.2) is 18.2 Å². The van der Waals surface area contributed by atoms with Crippen LogP contribution in [-0.4, -0.2) is 4.98 Å². The van der Waals surface area contributed by atoms with Crippen LogP contribution in [0.1, 0.15) is 12.5 Å². The van der Waals surface area contributed by atoms with Crippen molar-refractivity contribution in [2.75, 3.05) is 0 Å². The maximum Gasteiger partial charge on any atom is 0.185 e. The predicted octanol–water partition coefficient (Wildman–Crippen LogP) is 3.87. The van der Waals surface area contributed by atoms with Gasteiger partial charge < -0.3 is 0 Å². The van der Waals surface area contributed by atoms with Crippen molar-refractivity contribution in [3.63, 3.8) is 0 Å². The van der Waals surface area contributed by atoms with Gasteiger partial charge in [0, 0.05) is 11.5 Å². The Bertz CT molecular complexity index is 569. The summed E-state index contributed by atoms with van der Waals surface area (Å²) in [5.74, 6) is -3.29. The number of aryl methyl sites for hydroxylation is 1. The minimum Gasteiger partial charge on any atom is -0.232 e. The Hall–Kier alpha value is -1.29. The topological polar surface area (TPSA) is 12.9 Å². The average molecular weight is 246 g/mol. The molecule has 0 radical (unpaired) electrons. The molecule has 1 nitrogen and oxygen atoms in total. The Labute approximate surface area is 94.9 Å². The molecule has 0 saturated heterocycles. The Kier molecular flexibility index (Phi) is 2.76. The summed E-state index contributed by atoms with van der Waals surface area (Å²) in [6, 6.07) is 1.90. The van der Waals surface area contributed by atoms with E-state index in [0.717, 1.165) is 0 Å². The first-order valence-electron chi connectivity index (χ1n) is 4.67. The zero-order valence-electron chi connectivity index (χ0n) is 8.32. The summed E-state index contributed by atoms with van der Waals surface area (Å²) in [6.45, 7) is 1.81. The van der Waals surface area contributed by atoms with Crippen LogP contribution in [0.3, 0.4) is 0 Å². The van der Waals surface area contributed by atoms with Crippen LogP contribution < -0.4 is 0 Å². The molecule has 16 heavy (non-hydrogen) atoms. The minimum atomic E-state index is -1.27. The second kappa shape index (κ2) is 3.94. The second-order valence-electron chi connectivity index (χ2n) is 3.34. The lowest BCUT2D eigenvalue weighted by Gasteiger charge is -2.06. The van der Waals surface area contributed by atoms with Crippen molar-refractivity contribution in [2.45, 2.75) is 13.3 Å². The van der Waals surface area contributed by atoms with E-state index in [9.17, 15) is 13.2 Å². The lowest BCUT2D eigenvalue weighted by atomic mass is 10.1. The molecule has 1 aromatic heterocycles. The summed E-state index contributed by atoms with van der Waals surface area (Å²) in [7, 11) is 0. The normalized spacial score (nSPS) is 11.1. The maximum atomic E-state index is 13.4. The van der Waals surface area contributed by atoms with Gasteiger partial charge in [-0.3, -0.25) is 0 Å². The third kappa shape index (κ3) is 1.63. The van der Waals surface area contributed by atoms with E-state index in [1.165, 1.54) is 6.07 Å². The van der Waals surface area contributed by atoms with Crippen LogP contribution >= 0.6 is 11.6 Å². The van der Waals surface area contributed by atoms with Crippen molar-refractivity contribution in [3.05, 3.63) is 40.3 Å². The summed E-state index contributed by atoms with van der Waals surface area (Å²) in [5, 5.41) is 0.0130. The van der Waals surface area contributed by atoms with Crippen LogP contribution in [0.4, 0.5) is 13.2 Å². The largest absolute Gasteiger partial charge is 0.232 e. The van der Waals surface area contributed by atoms with Gasteiger partial charge in [0.2, 0.25) is 0 Å². The number of hydrogen-bond donors (Lipinski definition) is 0. The lowest BCUT2D eigenvalue weighted by molar-refractivity contribution is 0.504. The third-order valence-corrected chi connectivity index (χ3v) is 2.69. The zero-order valence-corrected chi connectivity index (χ0v) is 9.08. The molecular weight excluding hydrogens is 239 g/mol. The van der Waals surface area contributed by atoms with Gasteiger partial charge in [0.1, 0.15) is 16.5 Å². The molecule has 1 aromatic carbocycles. The van der Waals surface area contributed by atoms with Crippen LogP contribution in [0.2, 0.25) is 5.15 Å². The number of benzene rings is 1. The van der Waals surface area contributed by atoms with Crippen molar-refractivity contribution in [1.29, 1.82) is 0 Å². The number of fused-ring (bicyclic) bond motifs is 1. The van der Waals surface area contributed by atoms with Crippen molar-refractivity contribution in [3.8, 4) is 0 Å². The molecule has 1 heterocycles. The Balaban J connectivity index is 2.90. The standard InChI is InChI=1S/C11H7ClF3N/c1-2-5-3-6-7(13)4-8(14)9(15)10(6)16-11(5)12/h3-4H,2H2,1H3. The van der Waals surface area contributed by atoms with Crippen molar-refractivity contribution in [1.82, 2.24) is 4.98 Å². The summed E-state index contributed by atoms with van der Waals surface area (Å²) in [4.78, 5) is 3.68. The summed E-state index contributed by atoms with van der Waals surface area (Å²) in [6.07, 6.45) is 0.542. The highest BCUT2D eigenvalue weighted by Crippen LogP contribution is 2.26. The summed E-state index contributed by atoms with van der Waals surface area (Å²) >= 11 is 5.76. The molecule has 0 aliphatic heterocycles. The van der Waals surface area contributed by atoms with E-state index in [1.807, 2.05) is 6.92 Å². The van der Waals surface area contributed by atoms with Crippen LogP contribution in [-0.2, 0) is 6.42 Å². The molecule has 2 rings (SSSR count). The van der Waals surface area contributed by atoms with Gasteiger partial charge in [-0.2, -0.15) is 0 Å². The number of pyridine rings is 1. The Morgan fingerprint density at radius 2 is 1.88 bits per heavy atom. The molecule has 0 bridgehead atoms. The SMILES string of the molecule is CCc1cc2c(F)cc(F)c(F)c2nc1Cl. The Morgan fingerprint density at radius 3 is 2.50 bits per heavy atom. The molecule has 0 atom stereocenters. The number of hydrogen-bond acceptors (Lipinski definition) is 1. The van der Waals surface area contributed by atoms with Gasteiger partial charge in [0.05, 0.1) is 0 Å². The van der Waals surface area contributed by atoms with Gasteiger partial charge in [-0.15, -0.1) is 0 Å². The predicted molar refractivity (Wildman–Crippen MR) is 56.0 cm³/mol. The fraction of sp³-hybridized carbons (Fsp3) is 0.182. The van der Waals surface area contributed by atoms with Gasteiger partial charge in [-0.05, 0) is 18.1 Å². The van der Waals surface area contributed by atoms with Crippen molar-refractivity contribution in [2.24, 2.45) is 0 Å². The van der Waals surface area contributed by atoms with E-state index in [2.05, 4.69) is 4.98 Å². The molecule has 0 aliphatic rings. The highest BCUT2D eigenvalue weighted by molar-refractivity contribution is 6.30. The van der Waals surface area contributed by atoms with E-state index >= 15 is 0 Å². The van der Waals surface area contributed by atoms with E-state index in [-0.39, 0.29) is 16.1 Å². The van der Waals surface area contributed by atoms with E-state index in [0.29, 0.717) is 18.1 Å². The molecule has 0 fully saturated rings. The van der Waals surface area contributed by atoms with Crippen LogP contribution in [0.25, 0.3) is 10.9 Å². The van der Waals surface area contributed by atoms with Gasteiger partial charge in [0.15, 0.2) is 11.6 Å². The number of halogens is 4. The van der Waals surface area contributed by atoms with Gasteiger partial charge >= 0.3 is 0 Å². The maximum absolute atomic E-state index is 13.4. The molecule has 0 unspecified atom stereocenters. The van der Waals surface area contributed by atoms with Crippen LogP contribution in [0, 0.1) is 17.5 Å². The second-order valence-corrected chi connectivity index (χ2v) is 3.70. The number of aromatic nitrogens is 1. The molecule has 0 N–H and O–H groups in total. The molecule has 0 spiro atoms. The highest BCUT2D eigenvalue weighted by atomic mass is 35.5. The zero-order chi connectivity index (χ0) is 11.9. The van der Waals surface area contributed by atoms with Crippen LogP contribution in [0.5, 0.6) is 0 Å². The first kappa shape index (κ1) is 11.2. The van der Waals surface area contributed by atoms with Crippen molar-refractivity contribution >= 4 is 22.5 Å². The molecule has 0 amide bonds. The molecule has 0 saturated carbocycles. The smallest absolute Gasteiger partial charge is 0.185 e. The highest BCUT2D eigenvalue weighted by Gasteiger charge is 2.15. The molecular formula is C11H7ClF3N. The first-order valence-corrected chi connectivity index (χ1v) is 5.05. The van der Waals surface area contributed by atoms with Crippen LogP contribution in [0.15, 0.2) is 12.1 Å². The van der Waals surface area contributed by atoms with Gasteiger partial charge in [0.25, 0.3) is 0 Å². The summed E-state index contributed by atoms with van der Waals surface area (Å²) < 4.78 is 39.6. The van der Waals surface area contributed by atoms with E-state index in [4.69, 9.17) is 11.6 Å².